The average Bonchev–Trinajstić information content (AvgIpc) is 2.68. The zero-order valence-electron chi connectivity index (χ0n) is 17.6. The first-order valence-corrected chi connectivity index (χ1v) is 12.9. The van der Waals surface area contributed by atoms with E-state index in [1.807, 2.05) is 0 Å². The number of hydrogen-bond donors (Lipinski definition) is 7. The molecule has 0 spiro atoms. The molecular weight excluding hydrogens is 438 g/mol. The normalized spacial score (nSPS) is 30.6. The first-order valence-electron chi connectivity index (χ1n) is 9.50. The van der Waals surface area contributed by atoms with Crippen LogP contribution in [0, 0.1) is 0 Å². The molecule has 13 nitrogen and oxygen atoms in total. The smallest absolute Gasteiger partial charge is 0.338 e. The molecule has 1 fully saturated rings. The number of nitrogens with one attached hydrogen (secondary N) is 1. The van der Waals surface area contributed by atoms with E-state index in [-0.39, 0.29) is 6.29 Å². The van der Waals surface area contributed by atoms with Gasteiger partial charge in [0.2, 0.25) is 5.91 Å². The third kappa shape index (κ3) is 7.55. The Kier molecular flexibility index (Phi) is 10.1. The maximum atomic E-state index is 12.7. The molecule has 0 aliphatic carbocycles. The van der Waals surface area contributed by atoms with E-state index >= 15 is 0 Å². The molecule has 14 heteroatoms. The molecular formula is C17H31NO12Si. The van der Waals surface area contributed by atoms with Crippen molar-refractivity contribution in [3.05, 3.63) is 0 Å². The monoisotopic (exact) mass is 469 g/mol. The van der Waals surface area contributed by atoms with Crippen LogP contribution < -0.4 is 5.32 Å². The van der Waals surface area contributed by atoms with Crippen molar-refractivity contribution >= 4 is 26.5 Å². The first-order chi connectivity index (χ1) is 14.2. The van der Waals surface area contributed by atoms with Crippen molar-refractivity contribution in [3.8, 4) is 0 Å². The van der Waals surface area contributed by atoms with Crippen LogP contribution in [0.3, 0.4) is 0 Å². The Morgan fingerprint density at radius 1 is 1.13 bits per heavy atom. The molecule has 0 radical (unpaired) electrons. The number of carbonyl (C=O) groups is 3. The molecule has 0 saturated carbocycles. The van der Waals surface area contributed by atoms with Gasteiger partial charge in [-0.25, -0.2) is 4.79 Å². The number of amides is 1. The summed E-state index contributed by atoms with van der Waals surface area (Å²) in [5.74, 6) is -2.10. The van der Waals surface area contributed by atoms with Crippen molar-refractivity contribution in [2.75, 3.05) is 6.61 Å². The molecule has 7 N–H and O–H groups in total. The van der Waals surface area contributed by atoms with Crippen molar-refractivity contribution in [1.29, 1.82) is 0 Å². The number of hydrogen-bond acceptors (Lipinski definition) is 12. The second-order valence-corrected chi connectivity index (χ2v) is 12.6. The second kappa shape index (κ2) is 11.4. The fourth-order valence-electron chi connectivity index (χ4n) is 2.80. The summed E-state index contributed by atoms with van der Waals surface area (Å²) in [5, 5.41) is 61.4. The van der Waals surface area contributed by atoms with Crippen molar-refractivity contribution < 1.29 is 58.9 Å². The molecule has 1 amide bonds. The number of rotatable bonds is 10. The van der Waals surface area contributed by atoms with Gasteiger partial charge in [-0.2, -0.15) is 0 Å². The van der Waals surface area contributed by atoms with Crippen molar-refractivity contribution in [3.63, 3.8) is 0 Å². The molecule has 1 unspecified atom stereocenters. The summed E-state index contributed by atoms with van der Waals surface area (Å²) in [7, 11) is -2.34. The van der Waals surface area contributed by atoms with E-state index in [2.05, 4.69) is 5.32 Å². The minimum absolute atomic E-state index is 0.139. The van der Waals surface area contributed by atoms with Gasteiger partial charge < -0.3 is 54.7 Å². The number of esters is 1. The minimum atomic E-state index is -2.34. The molecule has 1 saturated heterocycles. The van der Waals surface area contributed by atoms with E-state index in [0.29, 0.717) is 0 Å². The number of aliphatic hydroxyl groups excluding tert-OH is 6. The summed E-state index contributed by atoms with van der Waals surface area (Å²) in [4.78, 5) is 35.4. The Morgan fingerprint density at radius 2 is 1.71 bits per heavy atom. The Morgan fingerprint density at radius 3 is 2.16 bits per heavy atom. The van der Waals surface area contributed by atoms with Crippen LogP contribution in [0.5, 0.6) is 0 Å². The van der Waals surface area contributed by atoms with Crippen LogP contribution in [-0.4, -0.2) is 119 Å². The Balaban J connectivity index is 3.13. The molecule has 1 rings (SSSR count). The predicted octanol–water partition coefficient (Wildman–Crippen LogP) is -4.02. The number of aldehydes is 1. The molecule has 0 aromatic carbocycles. The standard InChI is InChI=1S/C17H31NO12Si/c1-7(21)18-8(5-19)14(10(23)9(22)6-20)28-16(27)15-12(25)11(24)13(26)17(29-15)30-31(2,3)4/h5,8-15,17,20,22-26H,6H2,1-4H3,(H,18,21)/t8-,9+,10+,11-,12-,13+,14+,15-,17?/m0/s1. The van der Waals surface area contributed by atoms with Gasteiger partial charge >= 0.3 is 5.97 Å². The maximum absolute atomic E-state index is 12.7. The summed E-state index contributed by atoms with van der Waals surface area (Å²) < 4.78 is 15.9. The number of aliphatic hydroxyl groups is 6. The lowest BCUT2D eigenvalue weighted by Crippen LogP contribution is -2.63. The predicted molar refractivity (Wildman–Crippen MR) is 104 cm³/mol. The van der Waals surface area contributed by atoms with Crippen LogP contribution in [0.25, 0.3) is 0 Å². The maximum Gasteiger partial charge on any atom is 0.338 e. The largest absolute Gasteiger partial charge is 0.455 e. The summed E-state index contributed by atoms with van der Waals surface area (Å²) in [6, 6.07) is -1.62. The van der Waals surface area contributed by atoms with E-state index in [4.69, 9.17) is 19.0 Å². The van der Waals surface area contributed by atoms with Crippen LogP contribution in [0.2, 0.25) is 19.6 Å². The lowest BCUT2D eigenvalue weighted by molar-refractivity contribution is -0.277. The van der Waals surface area contributed by atoms with E-state index in [0.717, 1.165) is 6.92 Å². The van der Waals surface area contributed by atoms with Gasteiger partial charge in [-0.05, 0) is 19.6 Å². The van der Waals surface area contributed by atoms with Crippen LogP contribution in [0.4, 0.5) is 0 Å². The van der Waals surface area contributed by atoms with Crippen LogP contribution in [0.15, 0.2) is 0 Å². The molecule has 0 bridgehead atoms. The highest BCUT2D eigenvalue weighted by atomic mass is 28.4. The highest BCUT2D eigenvalue weighted by molar-refractivity contribution is 6.69. The summed E-state index contributed by atoms with van der Waals surface area (Å²) >= 11 is 0. The van der Waals surface area contributed by atoms with Gasteiger partial charge in [0.05, 0.1) is 6.61 Å². The van der Waals surface area contributed by atoms with Crippen LogP contribution in [0.1, 0.15) is 6.92 Å². The fraction of sp³-hybridized carbons (Fsp3) is 0.824. The summed E-state index contributed by atoms with van der Waals surface area (Å²) in [6.07, 6.45) is -14.5. The molecule has 9 atom stereocenters. The van der Waals surface area contributed by atoms with Gasteiger partial charge in [0.25, 0.3) is 0 Å². The third-order valence-electron chi connectivity index (χ3n) is 4.31. The molecule has 0 aromatic heterocycles. The molecule has 1 aliphatic rings. The van der Waals surface area contributed by atoms with E-state index in [9.17, 15) is 39.9 Å². The van der Waals surface area contributed by atoms with Gasteiger partial charge in [0, 0.05) is 6.92 Å². The highest BCUT2D eigenvalue weighted by Crippen LogP contribution is 2.26. The number of ether oxygens (including phenoxy) is 2. The molecule has 1 aliphatic heterocycles. The topological polar surface area (TPSA) is 212 Å². The van der Waals surface area contributed by atoms with Crippen molar-refractivity contribution in [1.82, 2.24) is 5.32 Å². The van der Waals surface area contributed by atoms with Gasteiger partial charge in [0.1, 0.15) is 42.8 Å². The zero-order valence-corrected chi connectivity index (χ0v) is 18.6. The molecule has 0 aromatic rings. The Labute approximate surface area is 179 Å². The van der Waals surface area contributed by atoms with Crippen LogP contribution in [-0.2, 0) is 28.3 Å². The lowest BCUT2D eigenvalue weighted by atomic mass is 9.98. The number of carbonyl (C=O) groups excluding carboxylic acids is 3. The Hall–Kier alpha value is -1.49. The zero-order chi connectivity index (χ0) is 24.1. The Bertz CT molecular complexity index is 629. The first kappa shape index (κ1) is 27.5. The van der Waals surface area contributed by atoms with Gasteiger partial charge in [-0.15, -0.1) is 0 Å². The van der Waals surface area contributed by atoms with Gasteiger partial charge in [0.15, 0.2) is 26.8 Å². The lowest BCUT2D eigenvalue weighted by Gasteiger charge is -2.42. The van der Waals surface area contributed by atoms with E-state index in [1.54, 1.807) is 19.6 Å². The van der Waals surface area contributed by atoms with E-state index < -0.39 is 81.9 Å². The van der Waals surface area contributed by atoms with Crippen LogP contribution >= 0.6 is 0 Å². The average molecular weight is 470 g/mol. The minimum Gasteiger partial charge on any atom is -0.455 e. The second-order valence-electron chi connectivity index (χ2n) is 8.13. The van der Waals surface area contributed by atoms with Gasteiger partial charge in [-0.1, -0.05) is 0 Å². The molecule has 1 heterocycles. The SMILES string of the molecule is CC(=O)N[C@@H](C=O)[C@@H](OC(=O)[C@H]1OC(O[Si](C)(C)C)[C@H](O)[C@@H](O)[C@@H]1O)[C@H](O)[C@H](O)CO. The molecule has 180 valence electrons. The van der Waals surface area contributed by atoms with Crippen molar-refractivity contribution in [2.24, 2.45) is 0 Å². The molecule has 31 heavy (non-hydrogen) atoms. The summed E-state index contributed by atoms with van der Waals surface area (Å²) in [6.45, 7) is 5.34. The highest BCUT2D eigenvalue weighted by Gasteiger charge is 2.50. The quantitative estimate of drug-likeness (QED) is 0.0926. The van der Waals surface area contributed by atoms with E-state index in [1.165, 1.54) is 0 Å². The fourth-order valence-corrected chi connectivity index (χ4v) is 3.69. The third-order valence-corrected chi connectivity index (χ3v) is 5.25. The van der Waals surface area contributed by atoms with Gasteiger partial charge in [-0.3, -0.25) is 4.79 Å². The van der Waals surface area contributed by atoms with Crippen molar-refractivity contribution in [2.45, 2.75) is 81.6 Å². The summed E-state index contributed by atoms with van der Waals surface area (Å²) in [5.41, 5.74) is 0.